The van der Waals surface area contributed by atoms with Crippen LogP contribution in [-0.4, -0.2) is 33.6 Å². The van der Waals surface area contributed by atoms with Gasteiger partial charge >= 0.3 is 0 Å². The van der Waals surface area contributed by atoms with E-state index in [1.54, 1.807) is 13.3 Å². The minimum Gasteiger partial charge on any atom is -0.294 e. The van der Waals surface area contributed by atoms with E-state index in [2.05, 4.69) is 14.9 Å². The lowest BCUT2D eigenvalue weighted by Gasteiger charge is -2.34. The van der Waals surface area contributed by atoms with E-state index in [1.807, 2.05) is 13.0 Å². The van der Waals surface area contributed by atoms with Crippen molar-refractivity contribution in [2.24, 2.45) is 0 Å². The minimum atomic E-state index is -1.04. The first-order valence-electron chi connectivity index (χ1n) is 5.74. The van der Waals surface area contributed by atoms with Crippen LogP contribution in [0, 0.1) is 6.92 Å². The number of aryl methyl sites for hydroxylation is 1. The average Bonchev–Trinajstić information content (AvgIpc) is 2.15. The van der Waals surface area contributed by atoms with Crippen LogP contribution < -0.4 is 0 Å². The second-order valence-electron chi connectivity index (χ2n) is 4.88. The Labute approximate surface area is 95.7 Å². The first-order valence-corrected chi connectivity index (χ1v) is 5.74. The molecule has 88 valence electrons. The predicted molar refractivity (Wildman–Crippen MR) is 60.8 cm³/mol. The lowest BCUT2D eigenvalue weighted by molar-refractivity contribution is 0.0556. The highest BCUT2D eigenvalue weighted by molar-refractivity contribution is 5.06. The third kappa shape index (κ3) is 2.98. The van der Waals surface area contributed by atoms with Gasteiger partial charge in [-0.2, -0.15) is 0 Å². The molecule has 2 heterocycles. The van der Waals surface area contributed by atoms with Crippen LogP contribution >= 0.6 is 0 Å². The van der Waals surface area contributed by atoms with Crippen LogP contribution in [0.1, 0.15) is 31.2 Å². The van der Waals surface area contributed by atoms with Gasteiger partial charge in [0.05, 0.1) is 5.69 Å². The first kappa shape index (κ1) is 11.5. The fourth-order valence-corrected chi connectivity index (χ4v) is 2.26. The molecule has 0 amide bonds. The molecule has 0 spiro atoms. The molecule has 0 saturated carbocycles. The van der Waals surface area contributed by atoms with Crippen molar-refractivity contribution < 1.29 is 4.39 Å². The van der Waals surface area contributed by atoms with Crippen molar-refractivity contribution in [3.8, 4) is 0 Å². The SMILES string of the molecule is Cc1cc(CN2CCC[C@](C)(F)C2)ncn1. The van der Waals surface area contributed by atoms with E-state index < -0.39 is 5.67 Å². The van der Waals surface area contributed by atoms with Crippen LogP contribution in [0.4, 0.5) is 4.39 Å². The first-order chi connectivity index (χ1) is 7.55. The Balaban J connectivity index is 1.99. The molecule has 1 aliphatic heterocycles. The number of halogens is 1. The summed E-state index contributed by atoms with van der Waals surface area (Å²) >= 11 is 0. The average molecular weight is 223 g/mol. The van der Waals surface area contributed by atoms with Crippen molar-refractivity contribution in [3.63, 3.8) is 0 Å². The van der Waals surface area contributed by atoms with Crippen molar-refractivity contribution in [3.05, 3.63) is 23.8 Å². The number of likely N-dealkylation sites (tertiary alicyclic amines) is 1. The van der Waals surface area contributed by atoms with Crippen molar-refractivity contribution in [2.75, 3.05) is 13.1 Å². The topological polar surface area (TPSA) is 29.0 Å². The highest BCUT2D eigenvalue weighted by Gasteiger charge is 2.30. The van der Waals surface area contributed by atoms with Crippen LogP contribution in [0.2, 0.25) is 0 Å². The molecular weight excluding hydrogens is 205 g/mol. The van der Waals surface area contributed by atoms with Crippen LogP contribution in [0.5, 0.6) is 0 Å². The summed E-state index contributed by atoms with van der Waals surface area (Å²) in [6.45, 7) is 5.83. The van der Waals surface area contributed by atoms with Gasteiger partial charge in [-0.1, -0.05) is 0 Å². The summed E-state index contributed by atoms with van der Waals surface area (Å²) in [5, 5.41) is 0. The Kier molecular flexibility index (Phi) is 3.19. The van der Waals surface area contributed by atoms with E-state index in [1.165, 1.54) is 0 Å². The van der Waals surface area contributed by atoms with E-state index in [0.717, 1.165) is 30.9 Å². The molecule has 4 heteroatoms. The lowest BCUT2D eigenvalue weighted by atomic mass is 9.97. The van der Waals surface area contributed by atoms with Gasteiger partial charge in [0.2, 0.25) is 0 Å². The molecular formula is C12H18FN3. The molecule has 0 bridgehead atoms. The third-order valence-electron chi connectivity index (χ3n) is 2.97. The molecule has 0 N–H and O–H groups in total. The predicted octanol–water partition coefficient (Wildman–Crippen LogP) is 2.11. The van der Waals surface area contributed by atoms with Crippen LogP contribution in [-0.2, 0) is 6.54 Å². The summed E-state index contributed by atoms with van der Waals surface area (Å²) in [5.74, 6) is 0. The molecule has 1 aromatic rings. The monoisotopic (exact) mass is 223 g/mol. The third-order valence-corrected chi connectivity index (χ3v) is 2.97. The second-order valence-corrected chi connectivity index (χ2v) is 4.88. The maximum Gasteiger partial charge on any atom is 0.120 e. The van der Waals surface area contributed by atoms with Gasteiger partial charge in [0, 0.05) is 18.8 Å². The maximum absolute atomic E-state index is 13.8. The number of alkyl halides is 1. The Morgan fingerprint density at radius 3 is 3.00 bits per heavy atom. The number of hydrogen-bond donors (Lipinski definition) is 0. The molecule has 0 unspecified atom stereocenters. The molecule has 3 nitrogen and oxygen atoms in total. The van der Waals surface area contributed by atoms with Crippen molar-refractivity contribution in [1.29, 1.82) is 0 Å². The van der Waals surface area contributed by atoms with Crippen molar-refractivity contribution in [2.45, 2.75) is 38.9 Å². The van der Waals surface area contributed by atoms with Crippen LogP contribution in [0.15, 0.2) is 12.4 Å². The molecule has 16 heavy (non-hydrogen) atoms. The van der Waals surface area contributed by atoms with Gasteiger partial charge in [-0.05, 0) is 39.3 Å². The number of nitrogens with zero attached hydrogens (tertiary/aromatic N) is 3. The van der Waals surface area contributed by atoms with Gasteiger partial charge in [0.15, 0.2) is 0 Å². The van der Waals surface area contributed by atoms with E-state index in [9.17, 15) is 4.39 Å². The molecule has 0 aromatic carbocycles. The second kappa shape index (κ2) is 4.45. The lowest BCUT2D eigenvalue weighted by Crippen LogP contribution is -2.42. The zero-order valence-electron chi connectivity index (χ0n) is 9.91. The summed E-state index contributed by atoms with van der Waals surface area (Å²) in [6, 6.07) is 1.96. The molecule has 1 atom stereocenters. The molecule has 1 fully saturated rings. The fourth-order valence-electron chi connectivity index (χ4n) is 2.26. The summed E-state index contributed by atoms with van der Waals surface area (Å²) in [6.07, 6.45) is 3.17. The molecule has 1 aliphatic rings. The van der Waals surface area contributed by atoms with Gasteiger partial charge in [0.25, 0.3) is 0 Å². The van der Waals surface area contributed by atoms with E-state index in [4.69, 9.17) is 0 Å². The largest absolute Gasteiger partial charge is 0.294 e. The van der Waals surface area contributed by atoms with Gasteiger partial charge in [-0.15, -0.1) is 0 Å². The molecule has 0 radical (unpaired) electrons. The van der Waals surface area contributed by atoms with Crippen LogP contribution in [0.25, 0.3) is 0 Å². The summed E-state index contributed by atoms with van der Waals surface area (Å²) in [7, 11) is 0. The van der Waals surface area contributed by atoms with E-state index in [-0.39, 0.29) is 0 Å². The maximum atomic E-state index is 13.8. The van der Waals surface area contributed by atoms with Crippen molar-refractivity contribution in [1.82, 2.24) is 14.9 Å². The molecule has 1 aromatic heterocycles. The number of hydrogen-bond acceptors (Lipinski definition) is 3. The van der Waals surface area contributed by atoms with Gasteiger partial charge in [0.1, 0.15) is 12.0 Å². The zero-order chi connectivity index (χ0) is 11.6. The Morgan fingerprint density at radius 2 is 2.31 bits per heavy atom. The normalized spacial score (nSPS) is 26.9. The van der Waals surface area contributed by atoms with Crippen LogP contribution in [0.3, 0.4) is 0 Å². The quantitative estimate of drug-likeness (QED) is 0.769. The van der Waals surface area contributed by atoms with Crippen molar-refractivity contribution >= 4 is 0 Å². The fraction of sp³-hybridized carbons (Fsp3) is 0.667. The summed E-state index contributed by atoms with van der Waals surface area (Å²) in [5.41, 5.74) is 0.899. The number of rotatable bonds is 2. The summed E-state index contributed by atoms with van der Waals surface area (Å²) in [4.78, 5) is 10.4. The van der Waals surface area contributed by atoms with Gasteiger partial charge < -0.3 is 0 Å². The number of aromatic nitrogens is 2. The molecule has 1 saturated heterocycles. The van der Waals surface area contributed by atoms with Gasteiger partial charge in [-0.25, -0.2) is 14.4 Å². The standard InChI is InChI=1S/C12H18FN3/c1-10-6-11(15-9-14-10)7-16-5-3-4-12(2,13)8-16/h6,9H,3-5,7-8H2,1-2H3/t12-/m0/s1. The molecule has 2 rings (SSSR count). The Morgan fingerprint density at radius 1 is 1.50 bits per heavy atom. The highest BCUT2D eigenvalue weighted by atomic mass is 19.1. The minimum absolute atomic E-state index is 0.510. The molecule has 0 aliphatic carbocycles. The van der Waals surface area contributed by atoms with E-state index >= 15 is 0 Å². The van der Waals surface area contributed by atoms with E-state index in [0.29, 0.717) is 13.0 Å². The number of piperidine rings is 1. The Bertz CT molecular complexity index is 365. The Hall–Kier alpha value is -1.03. The van der Waals surface area contributed by atoms with Gasteiger partial charge in [-0.3, -0.25) is 4.90 Å². The summed E-state index contributed by atoms with van der Waals surface area (Å²) < 4.78 is 13.8. The zero-order valence-corrected chi connectivity index (χ0v) is 9.91. The highest BCUT2D eigenvalue weighted by Crippen LogP contribution is 2.25. The smallest absolute Gasteiger partial charge is 0.120 e.